The summed E-state index contributed by atoms with van der Waals surface area (Å²) in [5.74, 6) is -0.367. The summed E-state index contributed by atoms with van der Waals surface area (Å²) in [5, 5.41) is 8.48. The third kappa shape index (κ3) is 6.45. The summed E-state index contributed by atoms with van der Waals surface area (Å²) in [6.45, 7) is 0.133. The van der Waals surface area contributed by atoms with Crippen LogP contribution in [0.4, 0.5) is 0 Å². The molecule has 2 atom stereocenters. The Labute approximate surface area is 92.6 Å². The van der Waals surface area contributed by atoms with Crippen molar-refractivity contribution in [1.29, 1.82) is 0 Å². The van der Waals surface area contributed by atoms with E-state index in [4.69, 9.17) is 22.3 Å². The number of carbonyl (C=O) groups is 2. The number of hydrogen-bond acceptors (Lipinski definition) is 6. The van der Waals surface area contributed by atoms with Gasteiger partial charge in [0.15, 0.2) is 5.78 Å². The van der Waals surface area contributed by atoms with E-state index in [0.29, 0.717) is 12.2 Å². The van der Waals surface area contributed by atoms with Crippen LogP contribution in [0.15, 0.2) is 0 Å². The molecule has 0 heterocycles. The van der Waals surface area contributed by atoms with Crippen LogP contribution in [0.25, 0.3) is 0 Å². The first-order chi connectivity index (χ1) is 6.99. The number of Topliss-reactive ketones (excluding diaryl/α,β-unsaturated/α-hetero) is 1. The first-order valence-corrected chi connectivity index (χ1v) is 5.69. The van der Waals surface area contributed by atoms with E-state index in [0.717, 1.165) is 0 Å². The standard InChI is InChI=1S/C8H17N3O3S/c9-3-6(11)7(12)4-15-2-1-5(10)8(13)14/h5-6H,1-4,9-11H2,(H,13,14)/t5-,6?/m0/s1. The van der Waals surface area contributed by atoms with E-state index >= 15 is 0 Å². The van der Waals surface area contributed by atoms with Gasteiger partial charge in [-0.05, 0) is 12.2 Å². The van der Waals surface area contributed by atoms with E-state index in [1.54, 1.807) is 0 Å². The minimum Gasteiger partial charge on any atom is -0.480 e. The Bertz CT molecular complexity index is 225. The van der Waals surface area contributed by atoms with E-state index in [-0.39, 0.29) is 18.1 Å². The lowest BCUT2D eigenvalue weighted by Crippen LogP contribution is -2.39. The zero-order chi connectivity index (χ0) is 11.8. The SMILES string of the molecule is NCC(N)C(=O)CSCC[C@H](N)C(=O)O. The van der Waals surface area contributed by atoms with Crippen LogP contribution < -0.4 is 17.2 Å². The molecule has 0 saturated carbocycles. The topological polar surface area (TPSA) is 132 Å². The van der Waals surface area contributed by atoms with Crippen molar-refractivity contribution in [2.75, 3.05) is 18.1 Å². The summed E-state index contributed by atoms with van der Waals surface area (Å²) in [4.78, 5) is 21.5. The van der Waals surface area contributed by atoms with E-state index in [2.05, 4.69) is 0 Å². The molecule has 0 fully saturated rings. The minimum absolute atomic E-state index is 0.119. The molecule has 0 bridgehead atoms. The van der Waals surface area contributed by atoms with Gasteiger partial charge < -0.3 is 22.3 Å². The van der Waals surface area contributed by atoms with Gasteiger partial charge in [-0.25, -0.2) is 0 Å². The number of ketones is 1. The molecular formula is C8H17N3O3S. The molecule has 15 heavy (non-hydrogen) atoms. The summed E-state index contributed by atoms with van der Waals surface area (Å²) in [6, 6.07) is -1.48. The number of aliphatic carboxylic acids is 1. The van der Waals surface area contributed by atoms with E-state index in [9.17, 15) is 9.59 Å². The van der Waals surface area contributed by atoms with Gasteiger partial charge in [0.05, 0.1) is 11.8 Å². The van der Waals surface area contributed by atoms with Crippen molar-refractivity contribution in [2.45, 2.75) is 18.5 Å². The zero-order valence-corrected chi connectivity index (χ0v) is 9.20. The molecule has 0 aliphatic rings. The molecule has 0 aromatic rings. The van der Waals surface area contributed by atoms with Crippen LogP contribution in [0.1, 0.15) is 6.42 Å². The number of thioether (sulfide) groups is 1. The molecule has 1 unspecified atom stereocenters. The normalized spacial score (nSPS) is 14.6. The van der Waals surface area contributed by atoms with Crippen LogP contribution in [0.3, 0.4) is 0 Å². The second-order valence-corrected chi connectivity index (χ2v) is 4.20. The van der Waals surface area contributed by atoms with Gasteiger partial charge in [0, 0.05) is 6.54 Å². The van der Waals surface area contributed by atoms with Gasteiger partial charge in [0.1, 0.15) is 6.04 Å². The zero-order valence-electron chi connectivity index (χ0n) is 8.39. The molecule has 0 aromatic carbocycles. The van der Waals surface area contributed by atoms with Gasteiger partial charge in [-0.1, -0.05) is 0 Å². The van der Waals surface area contributed by atoms with Crippen molar-refractivity contribution in [3.8, 4) is 0 Å². The monoisotopic (exact) mass is 235 g/mol. The second-order valence-electron chi connectivity index (χ2n) is 3.09. The van der Waals surface area contributed by atoms with Crippen LogP contribution in [-0.4, -0.2) is 47.0 Å². The highest BCUT2D eigenvalue weighted by Gasteiger charge is 2.13. The lowest BCUT2D eigenvalue weighted by atomic mass is 10.2. The van der Waals surface area contributed by atoms with Gasteiger partial charge in [0.2, 0.25) is 0 Å². The van der Waals surface area contributed by atoms with Crippen LogP contribution in [-0.2, 0) is 9.59 Å². The smallest absolute Gasteiger partial charge is 0.320 e. The molecule has 7 heteroatoms. The third-order valence-corrected chi connectivity index (χ3v) is 2.82. The van der Waals surface area contributed by atoms with E-state index < -0.39 is 18.1 Å². The molecule has 0 aliphatic carbocycles. The number of hydrogen-bond donors (Lipinski definition) is 4. The van der Waals surface area contributed by atoms with E-state index in [1.807, 2.05) is 0 Å². The maximum atomic E-state index is 11.2. The van der Waals surface area contributed by atoms with Crippen molar-refractivity contribution in [2.24, 2.45) is 17.2 Å². The fourth-order valence-corrected chi connectivity index (χ4v) is 1.73. The average molecular weight is 235 g/mol. The molecule has 0 rings (SSSR count). The van der Waals surface area contributed by atoms with Crippen molar-refractivity contribution in [3.05, 3.63) is 0 Å². The van der Waals surface area contributed by atoms with Gasteiger partial charge in [-0.2, -0.15) is 11.8 Å². The molecule has 7 N–H and O–H groups in total. The van der Waals surface area contributed by atoms with Crippen molar-refractivity contribution < 1.29 is 14.7 Å². The fraction of sp³-hybridized carbons (Fsp3) is 0.750. The second kappa shape index (κ2) is 7.63. The Balaban J connectivity index is 3.54. The number of carboxylic acid groups (broad SMARTS) is 1. The first-order valence-electron chi connectivity index (χ1n) is 4.53. The van der Waals surface area contributed by atoms with Crippen LogP contribution >= 0.6 is 11.8 Å². The number of nitrogens with two attached hydrogens (primary N) is 3. The van der Waals surface area contributed by atoms with Crippen molar-refractivity contribution in [3.63, 3.8) is 0 Å². The van der Waals surface area contributed by atoms with Crippen molar-refractivity contribution >= 4 is 23.5 Å². The Morgan fingerprint density at radius 3 is 2.33 bits per heavy atom. The summed E-state index contributed by atoms with van der Waals surface area (Å²) >= 11 is 1.32. The number of carbonyl (C=O) groups excluding carboxylic acids is 1. The fourth-order valence-electron chi connectivity index (χ4n) is 0.745. The Kier molecular flexibility index (Phi) is 7.31. The summed E-state index contributed by atoms with van der Waals surface area (Å²) < 4.78 is 0. The van der Waals surface area contributed by atoms with Gasteiger partial charge in [-0.3, -0.25) is 9.59 Å². The molecule has 0 aromatic heterocycles. The third-order valence-electron chi connectivity index (χ3n) is 1.80. The molecule has 0 spiro atoms. The molecular weight excluding hydrogens is 218 g/mol. The largest absolute Gasteiger partial charge is 0.480 e. The highest BCUT2D eigenvalue weighted by molar-refractivity contribution is 7.99. The highest BCUT2D eigenvalue weighted by Crippen LogP contribution is 2.05. The van der Waals surface area contributed by atoms with E-state index in [1.165, 1.54) is 11.8 Å². The molecule has 6 nitrogen and oxygen atoms in total. The molecule has 0 amide bonds. The Hall–Kier alpha value is -0.630. The maximum absolute atomic E-state index is 11.2. The minimum atomic E-state index is -1.03. The Morgan fingerprint density at radius 1 is 1.27 bits per heavy atom. The molecule has 0 aliphatic heterocycles. The summed E-state index contributed by atoms with van der Waals surface area (Å²) in [5.41, 5.74) is 15.9. The van der Waals surface area contributed by atoms with Crippen LogP contribution in [0, 0.1) is 0 Å². The average Bonchev–Trinajstić information content (AvgIpc) is 2.22. The van der Waals surface area contributed by atoms with Gasteiger partial charge >= 0.3 is 5.97 Å². The lowest BCUT2D eigenvalue weighted by Gasteiger charge is -2.08. The first kappa shape index (κ1) is 14.4. The maximum Gasteiger partial charge on any atom is 0.320 e. The summed E-state index contributed by atoms with van der Waals surface area (Å²) in [7, 11) is 0. The van der Waals surface area contributed by atoms with Gasteiger partial charge in [-0.15, -0.1) is 0 Å². The van der Waals surface area contributed by atoms with Crippen molar-refractivity contribution in [1.82, 2.24) is 0 Å². The quantitative estimate of drug-likeness (QED) is 0.371. The highest BCUT2D eigenvalue weighted by atomic mass is 32.2. The summed E-state index contributed by atoms with van der Waals surface area (Å²) in [6.07, 6.45) is 0.338. The van der Waals surface area contributed by atoms with Crippen LogP contribution in [0.2, 0.25) is 0 Å². The Morgan fingerprint density at radius 2 is 1.87 bits per heavy atom. The number of rotatable bonds is 8. The lowest BCUT2D eigenvalue weighted by molar-refractivity contribution is -0.138. The van der Waals surface area contributed by atoms with Crippen LogP contribution in [0.5, 0.6) is 0 Å². The number of carboxylic acids is 1. The predicted molar refractivity (Wildman–Crippen MR) is 59.6 cm³/mol. The molecule has 0 saturated heterocycles. The molecule has 0 radical (unpaired) electrons. The predicted octanol–water partition coefficient (Wildman–Crippen LogP) is -1.62. The molecule has 88 valence electrons. The van der Waals surface area contributed by atoms with Gasteiger partial charge in [0.25, 0.3) is 0 Å².